The maximum Gasteiger partial charge on any atom is 0.376 e. The third-order valence-electron chi connectivity index (χ3n) is 3.00. The van der Waals surface area contributed by atoms with Gasteiger partial charge < -0.3 is 14.8 Å². The van der Waals surface area contributed by atoms with Crippen molar-refractivity contribution in [3.8, 4) is 0 Å². The maximum absolute atomic E-state index is 11.4. The van der Waals surface area contributed by atoms with E-state index in [1.165, 1.54) is 7.11 Å². The van der Waals surface area contributed by atoms with E-state index in [-0.39, 0.29) is 5.82 Å². The summed E-state index contributed by atoms with van der Waals surface area (Å²) in [5.74, 6) is 0.218. The van der Waals surface area contributed by atoms with Gasteiger partial charge in [-0.15, -0.1) is 0 Å². The van der Waals surface area contributed by atoms with Crippen LogP contribution in [0.2, 0.25) is 0 Å². The molecule has 0 radical (unpaired) electrons. The number of ether oxygens (including phenoxy) is 2. The number of rotatable bonds is 4. The van der Waals surface area contributed by atoms with Crippen molar-refractivity contribution in [2.45, 2.75) is 31.9 Å². The molecule has 0 saturated heterocycles. The van der Waals surface area contributed by atoms with Crippen LogP contribution in [0.25, 0.3) is 0 Å². The molecule has 0 bridgehead atoms. The fourth-order valence-electron chi connectivity index (χ4n) is 1.91. The molecule has 1 aliphatic carbocycles. The summed E-state index contributed by atoms with van der Waals surface area (Å²) >= 11 is 0. The molecule has 0 amide bonds. The van der Waals surface area contributed by atoms with Crippen LogP contribution in [-0.2, 0) is 9.47 Å². The molecule has 0 spiro atoms. The number of nitrogens with one attached hydrogen (secondary N) is 1. The van der Waals surface area contributed by atoms with Crippen molar-refractivity contribution < 1.29 is 14.3 Å². The van der Waals surface area contributed by atoms with E-state index in [9.17, 15) is 4.79 Å². The normalized spacial score (nSPS) is 22.2. The Hall–Kier alpha value is -1.69. The molecule has 0 unspecified atom stereocenters. The van der Waals surface area contributed by atoms with Crippen molar-refractivity contribution in [3.63, 3.8) is 0 Å². The standard InChI is InChI=1S/C12H17N3O3/c1-7-4-10(14-8-5-9(6-8)17-2)15-11(13-7)12(16)18-3/h4,8-9H,5-6H2,1-3H3,(H,13,14,15). The van der Waals surface area contributed by atoms with Gasteiger partial charge in [0.05, 0.1) is 13.2 Å². The van der Waals surface area contributed by atoms with Gasteiger partial charge in [0, 0.05) is 24.9 Å². The second kappa shape index (κ2) is 5.30. The quantitative estimate of drug-likeness (QED) is 0.809. The van der Waals surface area contributed by atoms with Crippen LogP contribution in [0.5, 0.6) is 0 Å². The zero-order valence-corrected chi connectivity index (χ0v) is 10.8. The minimum absolute atomic E-state index is 0.0858. The lowest BCUT2D eigenvalue weighted by Gasteiger charge is -2.34. The van der Waals surface area contributed by atoms with E-state index in [0.29, 0.717) is 18.0 Å². The number of methoxy groups -OCH3 is 2. The molecule has 1 aromatic heterocycles. The molecule has 0 aliphatic heterocycles. The highest BCUT2D eigenvalue weighted by molar-refractivity contribution is 5.85. The maximum atomic E-state index is 11.4. The topological polar surface area (TPSA) is 73.3 Å². The van der Waals surface area contributed by atoms with E-state index in [2.05, 4.69) is 20.0 Å². The number of nitrogens with zero attached hydrogens (tertiary/aromatic N) is 2. The Morgan fingerprint density at radius 3 is 2.72 bits per heavy atom. The number of aromatic nitrogens is 2. The van der Waals surface area contributed by atoms with E-state index in [1.54, 1.807) is 7.11 Å². The number of hydrogen-bond donors (Lipinski definition) is 1. The smallest absolute Gasteiger partial charge is 0.376 e. The molecular formula is C12H17N3O3. The number of carbonyl (C=O) groups is 1. The Morgan fingerprint density at radius 2 is 2.11 bits per heavy atom. The van der Waals surface area contributed by atoms with Gasteiger partial charge in [0.25, 0.3) is 0 Å². The summed E-state index contributed by atoms with van der Waals surface area (Å²) < 4.78 is 9.82. The van der Waals surface area contributed by atoms with E-state index in [0.717, 1.165) is 18.5 Å². The monoisotopic (exact) mass is 251 g/mol. The summed E-state index contributed by atoms with van der Waals surface area (Å²) in [7, 11) is 3.03. The average Bonchev–Trinajstić information content (AvgIpc) is 2.31. The highest BCUT2D eigenvalue weighted by Gasteiger charge is 2.29. The molecule has 6 heteroatoms. The first kappa shape index (κ1) is 12.8. The highest BCUT2D eigenvalue weighted by Crippen LogP contribution is 2.25. The van der Waals surface area contributed by atoms with Crippen LogP contribution in [0, 0.1) is 6.92 Å². The van der Waals surface area contributed by atoms with Crippen molar-refractivity contribution in [3.05, 3.63) is 17.6 Å². The fourth-order valence-corrected chi connectivity index (χ4v) is 1.91. The Labute approximate surface area is 106 Å². The third-order valence-corrected chi connectivity index (χ3v) is 3.00. The Bertz CT molecular complexity index is 444. The molecule has 1 aliphatic rings. The second-order valence-corrected chi connectivity index (χ2v) is 4.38. The molecule has 0 atom stereocenters. The van der Waals surface area contributed by atoms with Crippen LogP contribution in [0.3, 0.4) is 0 Å². The average molecular weight is 251 g/mol. The van der Waals surface area contributed by atoms with Crippen LogP contribution < -0.4 is 5.32 Å². The molecule has 1 fully saturated rings. The van der Waals surface area contributed by atoms with Gasteiger partial charge in [-0.05, 0) is 19.8 Å². The van der Waals surface area contributed by atoms with Gasteiger partial charge in [-0.3, -0.25) is 0 Å². The van der Waals surface area contributed by atoms with E-state index in [4.69, 9.17) is 4.74 Å². The SMILES string of the molecule is COC(=O)c1nc(C)cc(NC2CC(OC)C2)n1. The zero-order chi connectivity index (χ0) is 13.1. The number of carbonyl (C=O) groups excluding carboxylic acids is 1. The van der Waals surface area contributed by atoms with Crippen LogP contribution in [0.1, 0.15) is 29.2 Å². The van der Waals surface area contributed by atoms with Gasteiger partial charge in [0.1, 0.15) is 5.82 Å². The first-order chi connectivity index (χ1) is 8.62. The van der Waals surface area contributed by atoms with Crippen molar-refractivity contribution in [2.24, 2.45) is 0 Å². The predicted molar refractivity (Wildman–Crippen MR) is 65.6 cm³/mol. The molecule has 1 aromatic rings. The van der Waals surface area contributed by atoms with Gasteiger partial charge in [-0.25, -0.2) is 14.8 Å². The Balaban J connectivity index is 2.04. The number of aryl methyl sites for hydroxylation is 1. The van der Waals surface area contributed by atoms with Gasteiger partial charge in [0.2, 0.25) is 5.82 Å². The molecule has 2 rings (SSSR count). The first-order valence-corrected chi connectivity index (χ1v) is 5.85. The lowest BCUT2D eigenvalue weighted by molar-refractivity contribution is 0.0327. The van der Waals surface area contributed by atoms with Crippen molar-refractivity contribution >= 4 is 11.8 Å². The molecule has 1 saturated carbocycles. The van der Waals surface area contributed by atoms with Crippen molar-refractivity contribution in [1.29, 1.82) is 0 Å². The Kier molecular flexibility index (Phi) is 3.76. The lowest BCUT2D eigenvalue weighted by atomic mass is 9.89. The molecule has 18 heavy (non-hydrogen) atoms. The predicted octanol–water partition coefficient (Wildman–Crippen LogP) is 1.16. The van der Waals surface area contributed by atoms with Crippen LogP contribution in [0.4, 0.5) is 5.82 Å². The lowest BCUT2D eigenvalue weighted by Crippen LogP contribution is -2.40. The second-order valence-electron chi connectivity index (χ2n) is 4.38. The van der Waals surface area contributed by atoms with Crippen LogP contribution in [0.15, 0.2) is 6.07 Å². The first-order valence-electron chi connectivity index (χ1n) is 5.85. The summed E-state index contributed by atoms with van der Waals surface area (Å²) in [6, 6.07) is 2.15. The van der Waals surface area contributed by atoms with Gasteiger partial charge in [-0.1, -0.05) is 0 Å². The summed E-state index contributed by atoms with van der Waals surface area (Å²) in [4.78, 5) is 19.6. The molecular weight excluding hydrogens is 234 g/mol. The molecule has 6 nitrogen and oxygen atoms in total. The van der Waals surface area contributed by atoms with Gasteiger partial charge >= 0.3 is 5.97 Å². The summed E-state index contributed by atoms with van der Waals surface area (Å²) in [6.07, 6.45) is 2.23. The summed E-state index contributed by atoms with van der Waals surface area (Å²) in [6.45, 7) is 1.82. The van der Waals surface area contributed by atoms with Crippen LogP contribution >= 0.6 is 0 Å². The van der Waals surface area contributed by atoms with Crippen LogP contribution in [-0.4, -0.2) is 42.3 Å². The minimum atomic E-state index is -0.523. The number of hydrogen-bond acceptors (Lipinski definition) is 6. The summed E-state index contributed by atoms with van der Waals surface area (Å²) in [5, 5.41) is 3.26. The molecule has 1 N–H and O–H groups in total. The largest absolute Gasteiger partial charge is 0.463 e. The Morgan fingerprint density at radius 1 is 1.39 bits per heavy atom. The van der Waals surface area contributed by atoms with Crippen molar-refractivity contribution in [1.82, 2.24) is 9.97 Å². The molecule has 98 valence electrons. The van der Waals surface area contributed by atoms with E-state index >= 15 is 0 Å². The number of esters is 1. The number of anilines is 1. The molecule has 1 heterocycles. The van der Waals surface area contributed by atoms with Crippen molar-refractivity contribution in [2.75, 3.05) is 19.5 Å². The van der Waals surface area contributed by atoms with E-state index in [1.807, 2.05) is 13.0 Å². The highest BCUT2D eigenvalue weighted by atomic mass is 16.5. The minimum Gasteiger partial charge on any atom is -0.463 e. The van der Waals surface area contributed by atoms with Gasteiger partial charge in [-0.2, -0.15) is 0 Å². The van der Waals surface area contributed by atoms with Gasteiger partial charge in [0.15, 0.2) is 0 Å². The fraction of sp³-hybridized carbons (Fsp3) is 0.583. The summed E-state index contributed by atoms with van der Waals surface area (Å²) in [5.41, 5.74) is 0.732. The third kappa shape index (κ3) is 2.76. The molecule has 0 aromatic carbocycles. The van der Waals surface area contributed by atoms with E-state index < -0.39 is 5.97 Å². The zero-order valence-electron chi connectivity index (χ0n) is 10.8.